The molecule has 0 bridgehead atoms. The number of nitrogens with one attached hydrogen (secondary N) is 1. The van der Waals surface area contributed by atoms with E-state index in [2.05, 4.69) is 22.2 Å². The lowest BCUT2D eigenvalue weighted by Gasteiger charge is -2.44. The van der Waals surface area contributed by atoms with Crippen molar-refractivity contribution in [1.29, 1.82) is 0 Å². The number of benzene rings is 2. The summed E-state index contributed by atoms with van der Waals surface area (Å²) in [4.78, 5) is 41.5. The Labute approximate surface area is 242 Å². The zero-order chi connectivity index (χ0) is 29.4. The van der Waals surface area contributed by atoms with E-state index in [4.69, 9.17) is 0 Å². The first-order valence-corrected chi connectivity index (χ1v) is 14.7. The number of piperidine rings is 2. The normalized spacial score (nSPS) is 24.8. The van der Waals surface area contributed by atoms with Gasteiger partial charge in [-0.25, -0.2) is 0 Å². The minimum atomic E-state index is -2.42. The predicted molar refractivity (Wildman–Crippen MR) is 152 cm³/mol. The summed E-state index contributed by atoms with van der Waals surface area (Å²) in [5.74, 6) is -4.51. The number of aliphatic hydroxyl groups is 3. The van der Waals surface area contributed by atoms with Gasteiger partial charge in [0.05, 0.1) is 23.5 Å². The molecule has 4 aliphatic rings. The lowest BCUT2D eigenvalue weighted by Crippen LogP contribution is -2.64. The van der Waals surface area contributed by atoms with Crippen molar-refractivity contribution < 1.29 is 29.7 Å². The number of hydrogen-bond acceptors (Lipinski definition) is 8. The molecule has 3 amide bonds. The van der Waals surface area contributed by atoms with Crippen molar-refractivity contribution in [3.8, 4) is 0 Å². The molecule has 3 aromatic rings. The molecule has 3 fully saturated rings. The fourth-order valence-electron chi connectivity index (χ4n) is 7.25. The maximum atomic E-state index is 13.5. The zero-order valence-electron chi connectivity index (χ0n) is 23.5. The van der Waals surface area contributed by atoms with Crippen LogP contribution >= 0.6 is 0 Å². The quantitative estimate of drug-likeness (QED) is 0.259. The van der Waals surface area contributed by atoms with E-state index in [9.17, 15) is 29.7 Å². The summed E-state index contributed by atoms with van der Waals surface area (Å²) < 4.78 is 1.82. The molecule has 2 aromatic carbocycles. The third kappa shape index (κ3) is 4.10. The van der Waals surface area contributed by atoms with Crippen LogP contribution in [0.4, 0.5) is 5.69 Å². The summed E-state index contributed by atoms with van der Waals surface area (Å²) in [7, 11) is 0. The fourth-order valence-corrected chi connectivity index (χ4v) is 7.25. The molecule has 4 heterocycles. The molecule has 4 N–H and O–H groups in total. The fraction of sp³-hybridized carbons (Fsp3) is 0.484. The van der Waals surface area contributed by atoms with Gasteiger partial charge in [-0.1, -0.05) is 31.5 Å². The summed E-state index contributed by atoms with van der Waals surface area (Å²) in [5.41, 5.74) is -0.971. The van der Waals surface area contributed by atoms with Crippen LogP contribution in [0.5, 0.6) is 0 Å². The van der Waals surface area contributed by atoms with Gasteiger partial charge in [-0.05, 0) is 48.6 Å². The summed E-state index contributed by atoms with van der Waals surface area (Å²) >= 11 is 0. The Morgan fingerprint density at radius 1 is 1.07 bits per heavy atom. The van der Waals surface area contributed by atoms with Crippen LogP contribution in [0.25, 0.3) is 10.8 Å². The maximum Gasteiger partial charge on any atom is 0.280 e. The average molecular weight is 574 g/mol. The van der Waals surface area contributed by atoms with Crippen LogP contribution < -0.4 is 10.2 Å². The van der Waals surface area contributed by atoms with Crippen molar-refractivity contribution in [3.63, 3.8) is 0 Å². The highest BCUT2D eigenvalue weighted by Gasteiger charge is 2.52. The molecule has 1 aromatic heterocycles. The molecule has 11 nitrogen and oxygen atoms in total. The van der Waals surface area contributed by atoms with Crippen LogP contribution in [0.2, 0.25) is 0 Å². The molecule has 7 rings (SSSR count). The molecule has 1 saturated carbocycles. The summed E-state index contributed by atoms with van der Waals surface area (Å²) in [6.45, 7) is 5.47. The van der Waals surface area contributed by atoms with Gasteiger partial charge in [0.2, 0.25) is 17.4 Å². The summed E-state index contributed by atoms with van der Waals surface area (Å²) in [6.07, 6.45) is 8.56. The Hall–Kier alpha value is -3.64. The van der Waals surface area contributed by atoms with Gasteiger partial charge < -0.3 is 20.2 Å². The molecule has 0 spiro atoms. The lowest BCUT2D eigenvalue weighted by atomic mass is 9.70. The average Bonchev–Trinajstić information content (AvgIpc) is 3.56. The van der Waals surface area contributed by atoms with Gasteiger partial charge in [-0.15, -0.1) is 0 Å². The zero-order valence-corrected chi connectivity index (χ0v) is 23.5. The highest BCUT2D eigenvalue weighted by molar-refractivity contribution is 6.28. The van der Waals surface area contributed by atoms with E-state index in [1.165, 1.54) is 37.6 Å². The second-order valence-corrected chi connectivity index (χ2v) is 12.7. The smallest absolute Gasteiger partial charge is 0.280 e. The minimum absolute atomic E-state index is 0.123. The second kappa shape index (κ2) is 9.43. The van der Waals surface area contributed by atoms with E-state index in [0.717, 1.165) is 37.4 Å². The first-order chi connectivity index (χ1) is 20.0. The first-order valence-electron chi connectivity index (χ1n) is 14.7. The first kappa shape index (κ1) is 27.2. The van der Waals surface area contributed by atoms with Gasteiger partial charge in [-0.3, -0.25) is 29.3 Å². The Bertz CT molecular complexity index is 1620. The minimum Gasteiger partial charge on any atom is -0.363 e. The number of carbonyl (C=O) groups is 3. The monoisotopic (exact) mass is 573 g/mol. The SMILES string of the molecule is CC1(CN2CCC(n3cc(C(O)(O)c4ccc5c6c(cccc46)C(=O)N5C4(O)CCC(=O)NC4=O)cn3)CC2)CCC1. The molecule has 42 heavy (non-hydrogen) atoms. The van der Waals surface area contributed by atoms with Crippen LogP contribution in [0.3, 0.4) is 0 Å². The van der Waals surface area contributed by atoms with Gasteiger partial charge >= 0.3 is 0 Å². The number of amides is 3. The van der Waals surface area contributed by atoms with E-state index in [1.54, 1.807) is 24.4 Å². The number of likely N-dealkylation sites (tertiary alicyclic amines) is 1. The van der Waals surface area contributed by atoms with E-state index >= 15 is 0 Å². The van der Waals surface area contributed by atoms with E-state index in [1.807, 2.05) is 4.68 Å². The maximum absolute atomic E-state index is 13.5. The predicted octanol–water partition coefficient (Wildman–Crippen LogP) is 2.13. The van der Waals surface area contributed by atoms with Crippen molar-refractivity contribution >= 4 is 34.2 Å². The van der Waals surface area contributed by atoms with Gasteiger partial charge in [0.1, 0.15) is 0 Å². The van der Waals surface area contributed by atoms with Crippen molar-refractivity contribution in [2.75, 3.05) is 24.5 Å². The second-order valence-electron chi connectivity index (χ2n) is 12.7. The highest BCUT2D eigenvalue weighted by atomic mass is 16.5. The van der Waals surface area contributed by atoms with Gasteiger partial charge in [0.25, 0.3) is 11.8 Å². The molecule has 1 unspecified atom stereocenters. The van der Waals surface area contributed by atoms with Crippen LogP contribution in [0, 0.1) is 5.41 Å². The highest BCUT2D eigenvalue weighted by Crippen LogP contribution is 2.46. The molecular weight excluding hydrogens is 538 g/mol. The third-order valence-corrected chi connectivity index (χ3v) is 9.86. The molecule has 3 aliphatic heterocycles. The molecular formula is C31H35N5O6. The van der Waals surface area contributed by atoms with Crippen LogP contribution in [-0.4, -0.2) is 73.1 Å². The van der Waals surface area contributed by atoms with E-state index in [0.29, 0.717) is 16.2 Å². The molecule has 1 aliphatic carbocycles. The number of nitrogens with zero attached hydrogens (tertiary/aromatic N) is 4. The van der Waals surface area contributed by atoms with Crippen molar-refractivity contribution in [1.82, 2.24) is 20.0 Å². The molecule has 11 heteroatoms. The van der Waals surface area contributed by atoms with Crippen molar-refractivity contribution in [3.05, 3.63) is 59.4 Å². The van der Waals surface area contributed by atoms with Crippen LogP contribution in [-0.2, 0) is 15.4 Å². The number of imide groups is 1. The van der Waals surface area contributed by atoms with Gasteiger partial charge in [0.15, 0.2) is 0 Å². The Kier molecular flexibility index (Phi) is 6.11. The van der Waals surface area contributed by atoms with Crippen molar-refractivity contribution in [2.45, 2.75) is 69.4 Å². The van der Waals surface area contributed by atoms with Gasteiger partial charge in [0, 0.05) is 55.2 Å². The van der Waals surface area contributed by atoms with E-state index in [-0.39, 0.29) is 41.3 Å². The van der Waals surface area contributed by atoms with Crippen LogP contribution in [0.1, 0.15) is 79.4 Å². The van der Waals surface area contributed by atoms with Crippen LogP contribution in [0.15, 0.2) is 42.7 Å². The number of hydrogen-bond donors (Lipinski definition) is 4. The number of aromatic nitrogens is 2. The standard InChI is InChI=1S/C31H35N5O6/c1-29(11-3-12-29)18-34-14-9-20(10-15-34)35-17-19(16-32-35)31(41,42)23-6-7-24-26-21(23)4-2-5-22(26)27(38)36(24)30(40)13-8-25(37)33-28(30)39/h2,4-7,16-17,20,40-42H,3,8-15,18H2,1H3,(H,33,37,39). The number of carbonyl (C=O) groups excluding carboxylic acids is 3. The molecule has 1 atom stereocenters. The Morgan fingerprint density at radius 2 is 1.83 bits per heavy atom. The van der Waals surface area contributed by atoms with Gasteiger partial charge in [-0.2, -0.15) is 5.10 Å². The Balaban J connectivity index is 1.17. The van der Waals surface area contributed by atoms with Crippen molar-refractivity contribution in [2.24, 2.45) is 5.41 Å². The largest absolute Gasteiger partial charge is 0.363 e. The number of rotatable bonds is 6. The third-order valence-electron chi connectivity index (χ3n) is 9.86. The molecule has 220 valence electrons. The number of anilines is 1. The lowest BCUT2D eigenvalue weighted by molar-refractivity contribution is -0.149. The topological polar surface area (TPSA) is 148 Å². The summed E-state index contributed by atoms with van der Waals surface area (Å²) in [5, 5.41) is 41.8. The van der Waals surface area contributed by atoms with E-state index < -0.39 is 29.2 Å². The Morgan fingerprint density at radius 3 is 2.52 bits per heavy atom. The molecule has 0 radical (unpaired) electrons. The summed E-state index contributed by atoms with van der Waals surface area (Å²) in [6, 6.07) is 8.01. The molecule has 2 saturated heterocycles.